The third kappa shape index (κ3) is 4.71. The second kappa shape index (κ2) is 7.99. The van der Waals surface area contributed by atoms with Crippen molar-refractivity contribution < 1.29 is 14.7 Å². The monoisotopic (exact) mass is 322 g/mol. The standard InChI is InChI=1S/C16H26N4O3/c1-3-4-5-7-20-11-14(12(2)18-20)9-17-16(23)19-8-6-13(10-19)15(21)22/h11,13H,3-10H2,1-2H3,(H,17,23)(H,21,22). The predicted octanol–water partition coefficient (Wildman–Crippen LogP) is 2.00. The molecule has 0 spiro atoms. The second-order valence-corrected chi connectivity index (χ2v) is 6.14. The number of nitrogens with one attached hydrogen (secondary N) is 1. The number of carboxylic acids is 1. The minimum absolute atomic E-state index is 0.202. The van der Waals surface area contributed by atoms with Crippen molar-refractivity contribution in [1.82, 2.24) is 20.0 Å². The van der Waals surface area contributed by atoms with Crippen LogP contribution in [0.3, 0.4) is 0 Å². The van der Waals surface area contributed by atoms with E-state index in [4.69, 9.17) is 5.11 Å². The van der Waals surface area contributed by atoms with Gasteiger partial charge in [0.2, 0.25) is 0 Å². The first kappa shape index (κ1) is 17.3. The van der Waals surface area contributed by atoms with E-state index in [2.05, 4.69) is 17.3 Å². The summed E-state index contributed by atoms with van der Waals surface area (Å²) in [5.41, 5.74) is 1.93. The first-order valence-corrected chi connectivity index (χ1v) is 8.29. The minimum Gasteiger partial charge on any atom is -0.481 e. The molecule has 128 valence electrons. The summed E-state index contributed by atoms with van der Waals surface area (Å²) in [6, 6.07) is -0.202. The summed E-state index contributed by atoms with van der Waals surface area (Å²) in [7, 11) is 0. The zero-order valence-corrected chi connectivity index (χ0v) is 13.9. The van der Waals surface area contributed by atoms with Crippen LogP contribution in [0.25, 0.3) is 0 Å². The number of aromatic nitrogens is 2. The first-order chi connectivity index (χ1) is 11.0. The Hall–Kier alpha value is -2.05. The number of amides is 2. The maximum absolute atomic E-state index is 12.1. The van der Waals surface area contributed by atoms with Crippen molar-refractivity contribution in [3.63, 3.8) is 0 Å². The van der Waals surface area contributed by atoms with Crippen LogP contribution in [0.4, 0.5) is 4.79 Å². The fraction of sp³-hybridized carbons (Fsp3) is 0.688. The number of carboxylic acid groups (broad SMARTS) is 1. The Morgan fingerprint density at radius 1 is 1.43 bits per heavy atom. The Balaban J connectivity index is 1.81. The summed E-state index contributed by atoms with van der Waals surface area (Å²) in [5.74, 6) is -1.27. The summed E-state index contributed by atoms with van der Waals surface area (Å²) in [6.07, 6.45) is 5.97. The second-order valence-electron chi connectivity index (χ2n) is 6.14. The Morgan fingerprint density at radius 2 is 2.22 bits per heavy atom. The summed E-state index contributed by atoms with van der Waals surface area (Å²) in [5, 5.41) is 16.3. The zero-order valence-electron chi connectivity index (χ0n) is 13.9. The molecule has 0 bridgehead atoms. The van der Waals surface area contributed by atoms with Gasteiger partial charge in [-0.25, -0.2) is 4.79 Å². The number of aryl methyl sites for hydroxylation is 2. The van der Waals surface area contributed by atoms with Gasteiger partial charge < -0.3 is 15.3 Å². The molecule has 2 N–H and O–H groups in total. The van der Waals surface area contributed by atoms with E-state index in [0.717, 1.165) is 24.2 Å². The van der Waals surface area contributed by atoms with Crippen molar-refractivity contribution in [3.05, 3.63) is 17.5 Å². The Morgan fingerprint density at radius 3 is 2.87 bits per heavy atom. The molecule has 7 nitrogen and oxygen atoms in total. The lowest BCUT2D eigenvalue weighted by Crippen LogP contribution is -2.38. The first-order valence-electron chi connectivity index (χ1n) is 8.29. The summed E-state index contributed by atoms with van der Waals surface area (Å²) in [6.45, 7) is 6.22. The number of rotatable bonds is 7. The molecule has 1 aliphatic rings. The van der Waals surface area contributed by atoms with Gasteiger partial charge in [0.05, 0.1) is 11.6 Å². The SMILES string of the molecule is CCCCCn1cc(CNC(=O)N2CCC(C(=O)O)C2)c(C)n1. The van der Waals surface area contributed by atoms with Gasteiger partial charge in [-0.2, -0.15) is 5.10 Å². The van der Waals surface area contributed by atoms with Crippen molar-refractivity contribution >= 4 is 12.0 Å². The third-order valence-electron chi connectivity index (χ3n) is 4.29. The highest BCUT2D eigenvalue weighted by atomic mass is 16.4. The van der Waals surface area contributed by atoms with Gasteiger partial charge in [0.25, 0.3) is 0 Å². The fourth-order valence-corrected chi connectivity index (χ4v) is 2.80. The van der Waals surface area contributed by atoms with E-state index in [-0.39, 0.29) is 12.6 Å². The lowest BCUT2D eigenvalue weighted by Gasteiger charge is -2.16. The van der Waals surface area contributed by atoms with Crippen molar-refractivity contribution in [2.45, 2.75) is 52.6 Å². The number of aliphatic carboxylic acids is 1. The van der Waals surface area contributed by atoms with Gasteiger partial charge >= 0.3 is 12.0 Å². The van der Waals surface area contributed by atoms with Gasteiger partial charge in [0, 0.05) is 37.9 Å². The molecule has 1 atom stereocenters. The molecule has 1 saturated heterocycles. The van der Waals surface area contributed by atoms with E-state index in [1.165, 1.54) is 12.8 Å². The van der Waals surface area contributed by atoms with E-state index < -0.39 is 11.9 Å². The number of nitrogens with zero attached hydrogens (tertiary/aromatic N) is 3. The number of urea groups is 1. The average molecular weight is 322 g/mol. The third-order valence-corrected chi connectivity index (χ3v) is 4.29. The molecule has 1 unspecified atom stereocenters. The van der Waals surface area contributed by atoms with E-state index >= 15 is 0 Å². The van der Waals surface area contributed by atoms with Crippen LogP contribution in [-0.2, 0) is 17.9 Å². The van der Waals surface area contributed by atoms with Crippen molar-refractivity contribution in [3.8, 4) is 0 Å². The molecular weight excluding hydrogens is 296 g/mol. The smallest absolute Gasteiger partial charge is 0.317 e. The van der Waals surface area contributed by atoms with Crippen molar-refractivity contribution in [1.29, 1.82) is 0 Å². The minimum atomic E-state index is -0.829. The highest BCUT2D eigenvalue weighted by Crippen LogP contribution is 2.16. The van der Waals surface area contributed by atoms with Gasteiger partial charge in [-0.3, -0.25) is 9.48 Å². The Kier molecular flexibility index (Phi) is 6.01. The van der Waals surface area contributed by atoms with E-state index in [1.807, 2.05) is 17.8 Å². The molecule has 23 heavy (non-hydrogen) atoms. The number of carbonyl (C=O) groups excluding carboxylic acids is 1. The van der Waals surface area contributed by atoms with Crippen LogP contribution in [0.15, 0.2) is 6.20 Å². The lowest BCUT2D eigenvalue weighted by atomic mass is 10.1. The quantitative estimate of drug-likeness (QED) is 0.752. The van der Waals surface area contributed by atoms with E-state index in [0.29, 0.717) is 19.5 Å². The van der Waals surface area contributed by atoms with E-state index in [1.54, 1.807) is 4.90 Å². The summed E-state index contributed by atoms with van der Waals surface area (Å²) in [4.78, 5) is 24.6. The average Bonchev–Trinajstić information content (AvgIpc) is 3.12. The lowest BCUT2D eigenvalue weighted by molar-refractivity contribution is -0.141. The maximum Gasteiger partial charge on any atom is 0.317 e. The molecule has 7 heteroatoms. The van der Waals surface area contributed by atoms with Crippen molar-refractivity contribution in [2.24, 2.45) is 5.92 Å². The molecule has 2 heterocycles. The normalized spacial score (nSPS) is 17.5. The molecule has 1 aromatic heterocycles. The van der Waals surface area contributed by atoms with Crippen LogP contribution in [0.5, 0.6) is 0 Å². The molecule has 0 saturated carbocycles. The summed E-state index contributed by atoms with van der Waals surface area (Å²) >= 11 is 0. The van der Waals surface area contributed by atoms with Crippen molar-refractivity contribution in [2.75, 3.05) is 13.1 Å². The number of hydrogen-bond acceptors (Lipinski definition) is 3. The van der Waals surface area contributed by atoms with Crippen LogP contribution in [0, 0.1) is 12.8 Å². The van der Waals surface area contributed by atoms with E-state index in [9.17, 15) is 9.59 Å². The molecule has 1 fully saturated rings. The van der Waals surface area contributed by atoms with Gasteiger partial charge in [0.1, 0.15) is 0 Å². The molecule has 0 aliphatic carbocycles. The number of hydrogen-bond donors (Lipinski definition) is 2. The van der Waals surface area contributed by atoms with Crippen LogP contribution >= 0.6 is 0 Å². The largest absolute Gasteiger partial charge is 0.481 e. The zero-order chi connectivity index (χ0) is 16.8. The van der Waals surface area contributed by atoms with Gasteiger partial charge in [-0.1, -0.05) is 19.8 Å². The molecular formula is C16H26N4O3. The highest BCUT2D eigenvalue weighted by Gasteiger charge is 2.30. The fourth-order valence-electron chi connectivity index (χ4n) is 2.80. The molecule has 2 rings (SSSR count). The van der Waals surface area contributed by atoms with Crippen LogP contribution < -0.4 is 5.32 Å². The summed E-state index contributed by atoms with van der Waals surface area (Å²) < 4.78 is 1.93. The topological polar surface area (TPSA) is 87.5 Å². The number of likely N-dealkylation sites (tertiary alicyclic amines) is 1. The van der Waals surface area contributed by atoms with Crippen LogP contribution in [0.2, 0.25) is 0 Å². The van der Waals surface area contributed by atoms with Gasteiger partial charge in [0.15, 0.2) is 0 Å². The van der Waals surface area contributed by atoms with Crippen LogP contribution in [0.1, 0.15) is 43.9 Å². The predicted molar refractivity (Wildman–Crippen MR) is 86.0 cm³/mol. The molecule has 0 radical (unpaired) electrons. The van der Waals surface area contributed by atoms with Crippen LogP contribution in [-0.4, -0.2) is 44.9 Å². The molecule has 1 aromatic rings. The molecule has 1 aliphatic heterocycles. The maximum atomic E-state index is 12.1. The molecule has 0 aromatic carbocycles. The Bertz CT molecular complexity index is 556. The van der Waals surface area contributed by atoms with Gasteiger partial charge in [-0.05, 0) is 19.8 Å². The molecule has 2 amide bonds. The Labute approximate surface area is 136 Å². The number of unbranched alkanes of at least 4 members (excludes halogenated alkanes) is 2. The van der Waals surface area contributed by atoms with Gasteiger partial charge in [-0.15, -0.1) is 0 Å². The highest BCUT2D eigenvalue weighted by molar-refractivity contribution is 5.77. The number of carbonyl (C=O) groups is 2.